The molecule has 0 bridgehead atoms. The molecule has 0 amide bonds. The number of anilines is 1. The topological polar surface area (TPSA) is 61.0 Å². The first-order valence-corrected chi connectivity index (χ1v) is 3.98. The van der Waals surface area contributed by atoms with Crippen LogP contribution in [0.2, 0.25) is 0 Å². The number of hydrogen-bond acceptors (Lipinski definition) is 4. The third-order valence-corrected chi connectivity index (χ3v) is 1.40. The molecule has 0 saturated heterocycles. The van der Waals surface area contributed by atoms with Crippen molar-refractivity contribution in [1.82, 2.24) is 9.97 Å². The highest BCUT2D eigenvalue weighted by Crippen LogP contribution is 1.96. The molecular formula is C8H13N3O. The summed E-state index contributed by atoms with van der Waals surface area (Å²) >= 11 is 0. The highest BCUT2D eigenvalue weighted by atomic mass is 16.5. The van der Waals surface area contributed by atoms with Gasteiger partial charge in [0.25, 0.3) is 0 Å². The Labute approximate surface area is 71.8 Å². The van der Waals surface area contributed by atoms with Gasteiger partial charge in [-0.15, -0.1) is 0 Å². The van der Waals surface area contributed by atoms with E-state index in [1.165, 1.54) is 0 Å². The molecule has 1 heterocycles. The Balaban J connectivity index is 2.41. The molecule has 1 aromatic rings. The maximum atomic E-state index is 5.47. The second-order valence-electron chi connectivity index (χ2n) is 2.34. The van der Waals surface area contributed by atoms with E-state index >= 15 is 0 Å². The van der Waals surface area contributed by atoms with Gasteiger partial charge in [-0.05, 0) is 13.0 Å². The first-order valence-electron chi connectivity index (χ1n) is 3.98. The minimum atomic E-state index is 0.511. The molecule has 4 heteroatoms. The summed E-state index contributed by atoms with van der Waals surface area (Å²) in [5.74, 6) is 1.25. The van der Waals surface area contributed by atoms with Gasteiger partial charge in [-0.3, -0.25) is 0 Å². The number of aromatic nitrogens is 2. The fourth-order valence-electron chi connectivity index (χ4n) is 0.843. The monoisotopic (exact) mass is 167 g/mol. The van der Waals surface area contributed by atoms with E-state index in [1.807, 2.05) is 6.92 Å². The summed E-state index contributed by atoms with van der Waals surface area (Å²) < 4.78 is 5.16. The van der Waals surface area contributed by atoms with Gasteiger partial charge in [-0.1, -0.05) is 0 Å². The van der Waals surface area contributed by atoms with Crippen molar-refractivity contribution in [3.63, 3.8) is 0 Å². The molecule has 1 rings (SSSR count). The lowest BCUT2D eigenvalue weighted by molar-refractivity contribution is 0.149. The summed E-state index contributed by atoms with van der Waals surface area (Å²) in [5.41, 5.74) is 5.47. The van der Waals surface area contributed by atoms with Gasteiger partial charge in [0.2, 0.25) is 0 Å². The zero-order valence-corrected chi connectivity index (χ0v) is 7.16. The van der Waals surface area contributed by atoms with E-state index in [1.54, 1.807) is 12.3 Å². The van der Waals surface area contributed by atoms with Crippen LogP contribution < -0.4 is 5.73 Å². The Bertz CT molecular complexity index is 239. The Morgan fingerprint density at radius 3 is 3.08 bits per heavy atom. The minimum absolute atomic E-state index is 0.511. The van der Waals surface area contributed by atoms with E-state index in [-0.39, 0.29) is 0 Å². The Hall–Kier alpha value is -1.16. The van der Waals surface area contributed by atoms with Gasteiger partial charge >= 0.3 is 0 Å². The SMILES string of the molecule is CCOCCc1nccc(N)n1. The normalized spacial score (nSPS) is 10.1. The van der Waals surface area contributed by atoms with Gasteiger partial charge in [0.1, 0.15) is 11.6 Å². The molecule has 1 aromatic heterocycles. The number of nitrogens with zero attached hydrogens (tertiary/aromatic N) is 2. The fraction of sp³-hybridized carbons (Fsp3) is 0.500. The summed E-state index contributed by atoms with van der Waals surface area (Å²) in [6.45, 7) is 3.34. The van der Waals surface area contributed by atoms with Crippen molar-refractivity contribution in [3.05, 3.63) is 18.1 Å². The minimum Gasteiger partial charge on any atom is -0.384 e. The molecule has 0 unspecified atom stereocenters. The number of nitrogens with two attached hydrogens (primary N) is 1. The molecule has 0 aliphatic heterocycles. The zero-order chi connectivity index (χ0) is 8.81. The van der Waals surface area contributed by atoms with Crippen LogP contribution in [0.1, 0.15) is 12.7 Å². The summed E-state index contributed by atoms with van der Waals surface area (Å²) in [6, 6.07) is 1.67. The van der Waals surface area contributed by atoms with Crippen molar-refractivity contribution in [1.29, 1.82) is 0 Å². The van der Waals surface area contributed by atoms with Gasteiger partial charge in [-0.2, -0.15) is 0 Å². The third kappa shape index (κ3) is 2.84. The highest BCUT2D eigenvalue weighted by Gasteiger charge is 1.95. The molecule has 0 atom stereocenters. The largest absolute Gasteiger partial charge is 0.384 e. The van der Waals surface area contributed by atoms with Crippen LogP contribution >= 0.6 is 0 Å². The number of rotatable bonds is 4. The highest BCUT2D eigenvalue weighted by molar-refractivity contribution is 5.24. The van der Waals surface area contributed by atoms with Crippen LogP contribution in [-0.4, -0.2) is 23.2 Å². The lowest BCUT2D eigenvalue weighted by Crippen LogP contribution is -2.03. The number of hydrogen-bond donors (Lipinski definition) is 1. The molecule has 66 valence electrons. The van der Waals surface area contributed by atoms with Gasteiger partial charge in [0.15, 0.2) is 0 Å². The van der Waals surface area contributed by atoms with E-state index < -0.39 is 0 Å². The van der Waals surface area contributed by atoms with Gasteiger partial charge in [-0.25, -0.2) is 9.97 Å². The second-order valence-corrected chi connectivity index (χ2v) is 2.34. The molecule has 0 aliphatic carbocycles. The van der Waals surface area contributed by atoms with Gasteiger partial charge < -0.3 is 10.5 Å². The van der Waals surface area contributed by atoms with Crippen LogP contribution in [0.4, 0.5) is 5.82 Å². The summed E-state index contributed by atoms with van der Waals surface area (Å²) in [6.07, 6.45) is 2.38. The molecule has 2 N–H and O–H groups in total. The van der Waals surface area contributed by atoms with Crippen molar-refractivity contribution in [2.75, 3.05) is 18.9 Å². The van der Waals surface area contributed by atoms with Gasteiger partial charge in [0.05, 0.1) is 6.61 Å². The number of ether oxygens (including phenoxy) is 1. The van der Waals surface area contributed by atoms with Crippen LogP contribution in [-0.2, 0) is 11.2 Å². The van der Waals surface area contributed by atoms with E-state index in [0.29, 0.717) is 12.4 Å². The maximum absolute atomic E-state index is 5.47. The molecule has 0 aromatic carbocycles. The van der Waals surface area contributed by atoms with Crippen LogP contribution in [0.3, 0.4) is 0 Å². The Morgan fingerprint density at radius 1 is 1.58 bits per heavy atom. The Morgan fingerprint density at radius 2 is 2.42 bits per heavy atom. The third-order valence-electron chi connectivity index (χ3n) is 1.40. The van der Waals surface area contributed by atoms with E-state index in [0.717, 1.165) is 18.9 Å². The summed E-state index contributed by atoms with van der Waals surface area (Å²) in [4.78, 5) is 8.07. The molecule has 0 radical (unpaired) electrons. The van der Waals surface area contributed by atoms with Crippen molar-refractivity contribution in [2.24, 2.45) is 0 Å². The van der Waals surface area contributed by atoms with Crippen molar-refractivity contribution < 1.29 is 4.74 Å². The van der Waals surface area contributed by atoms with Gasteiger partial charge in [0, 0.05) is 19.2 Å². The van der Waals surface area contributed by atoms with Crippen molar-refractivity contribution >= 4 is 5.82 Å². The molecular weight excluding hydrogens is 154 g/mol. The van der Waals surface area contributed by atoms with E-state index in [9.17, 15) is 0 Å². The first kappa shape index (κ1) is 8.93. The maximum Gasteiger partial charge on any atom is 0.132 e. The second kappa shape index (κ2) is 4.66. The smallest absolute Gasteiger partial charge is 0.132 e. The van der Waals surface area contributed by atoms with Crippen LogP contribution in [0.15, 0.2) is 12.3 Å². The summed E-state index contributed by atoms with van der Waals surface area (Å²) in [5, 5.41) is 0. The lowest BCUT2D eigenvalue weighted by Gasteiger charge is -2.00. The van der Waals surface area contributed by atoms with Crippen LogP contribution in [0.5, 0.6) is 0 Å². The predicted molar refractivity (Wildman–Crippen MR) is 46.6 cm³/mol. The quantitative estimate of drug-likeness (QED) is 0.668. The number of nitrogen functional groups attached to an aromatic ring is 1. The first-order chi connectivity index (χ1) is 5.83. The van der Waals surface area contributed by atoms with Crippen LogP contribution in [0.25, 0.3) is 0 Å². The van der Waals surface area contributed by atoms with E-state index in [2.05, 4.69) is 9.97 Å². The molecule has 0 saturated carbocycles. The van der Waals surface area contributed by atoms with Crippen molar-refractivity contribution in [2.45, 2.75) is 13.3 Å². The predicted octanol–water partition coefficient (Wildman–Crippen LogP) is 0.638. The molecule has 0 spiro atoms. The fourth-order valence-corrected chi connectivity index (χ4v) is 0.843. The zero-order valence-electron chi connectivity index (χ0n) is 7.16. The molecule has 0 fully saturated rings. The average Bonchev–Trinajstić information content (AvgIpc) is 2.05. The van der Waals surface area contributed by atoms with Crippen molar-refractivity contribution in [3.8, 4) is 0 Å². The van der Waals surface area contributed by atoms with Crippen LogP contribution in [0, 0.1) is 0 Å². The molecule has 12 heavy (non-hydrogen) atoms. The Kier molecular flexibility index (Phi) is 3.47. The average molecular weight is 167 g/mol. The molecule has 0 aliphatic rings. The molecule has 4 nitrogen and oxygen atoms in total. The standard InChI is InChI=1S/C8H13N3O/c1-2-12-6-4-8-10-5-3-7(9)11-8/h3,5H,2,4,6H2,1H3,(H2,9,10,11). The summed E-state index contributed by atoms with van der Waals surface area (Å²) in [7, 11) is 0. The van der Waals surface area contributed by atoms with E-state index in [4.69, 9.17) is 10.5 Å². The lowest BCUT2D eigenvalue weighted by atomic mass is 10.4.